The van der Waals surface area contributed by atoms with Crippen LogP contribution in [-0.4, -0.2) is 21.0 Å². The first-order valence-electron chi connectivity index (χ1n) is 4.98. The second-order valence-electron chi connectivity index (χ2n) is 3.78. The lowest BCUT2D eigenvalue weighted by Crippen LogP contribution is -2.33. The maximum atomic E-state index is 12.4. The highest BCUT2D eigenvalue weighted by atomic mass is 32.2. The van der Waals surface area contributed by atoms with Gasteiger partial charge in [0.15, 0.2) is 11.1 Å². The number of hydrogen-bond acceptors (Lipinski definition) is 2. The highest BCUT2D eigenvalue weighted by Gasteiger charge is 2.41. The number of hydrogen-bond donors (Lipinski definition) is 1. The van der Waals surface area contributed by atoms with Gasteiger partial charge in [0.25, 0.3) is 0 Å². The third-order valence-electron chi connectivity index (χ3n) is 2.39. The van der Waals surface area contributed by atoms with E-state index in [0.717, 1.165) is 6.08 Å². The van der Waals surface area contributed by atoms with Gasteiger partial charge in [0.2, 0.25) is 6.10 Å². The molecular weight excluding hydrogens is 269 g/mol. The molecule has 2 atom stereocenters. The minimum atomic E-state index is -4.44. The Balaban J connectivity index is 2.24. The van der Waals surface area contributed by atoms with Gasteiger partial charge >= 0.3 is 6.18 Å². The molecule has 0 aromatic heterocycles. The molecule has 0 saturated heterocycles. The predicted octanol–water partition coefficient (Wildman–Crippen LogP) is 2.74. The van der Waals surface area contributed by atoms with E-state index in [0.29, 0.717) is 11.1 Å². The highest BCUT2D eigenvalue weighted by Crippen LogP contribution is 2.33. The summed E-state index contributed by atoms with van der Waals surface area (Å²) in [6.45, 7) is 0. The molecule has 2 rings (SSSR count). The van der Waals surface area contributed by atoms with Gasteiger partial charge in [0, 0.05) is 5.56 Å². The number of ether oxygens (including phenoxy) is 1. The van der Waals surface area contributed by atoms with Crippen molar-refractivity contribution in [3.63, 3.8) is 0 Å². The summed E-state index contributed by atoms with van der Waals surface area (Å²) in [6.07, 6.45) is -4.16. The van der Waals surface area contributed by atoms with Gasteiger partial charge in [-0.15, -0.1) is 0 Å². The van der Waals surface area contributed by atoms with E-state index in [1.165, 1.54) is 24.3 Å². The van der Waals surface area contributed by atoms with Gasteiger partial charge in [-0.25, -0.2) is 4.21 Å². The van der Waals surface area contributed by atoms with Crippen molar-refractivity contribution in [1.29, 1.82) is 0 Å². The molecular formula is C11H9F3O3S. The molecule has 1 heterocycles. The Hall–Kier alpha value is -1.34. The Morgan fingerprint density at radius 1 is 1.39 bits per heavy atom. The van der Waals surface area contributed by atoms with E-state index in [9.17, 15) is 17.4 Å². The van der Waals surface area contributed by atoms with Crippen molar-refractivity contribution in [3.05, 3.63) is 35.4 Å². The maximum absolute atomic E-state index is 12.4. The van der Waals surface area contributed by atoms with Crippen molar-refractivity contribution in [2.24, 2.45) is 0 Å². The van der Waals surface area contributed by atoms with E-state index < -0.39 is 23.4 Å². The standard InChI is InChI=1S/C11H9F3O3S/c12-11(13,14)10-4-2-8-5-7(6-18(15)16)1-3-9(8)17-10/h1-5,10H,6H2,(H,15,16). The molecule has 7 heteroatoms. The van der Waals surface area contributed by atoms with Gasteiger partial charge in [-0.05, 0) is 23.8 Å². The van der Waals surface area contributed by atoms with Crippen LogP contribution in [-0.2, 0) is 16.8 Å². The summed E-state index contributed by atoms with van der Waals surface area (Å²) in [5, 5.41) is 0. The monoisotopic (exact) mass is 278 g/mol. The summed E-state index contributed by atoms with van der Waals surface area (Å²) in [4.78, 5) is 0. The molecule has 0 fully saturated rings. The molecule has 0 radical (unpaired) electrons. The van der Waals surface area contributed by atoms with Crippen LogP contribution in [0.2, 0.25) is 0 Å². The molecule has 3 nitrogen and oxygen atoms in total. The van der Waals surface area contributed by atoms with E-state index in [4.69, 9.17) is 9.29 Å². The Labute approximate surface area is 104 Å². The van der Waals surface area contributed by atoms with Gasteiger partial charge < -0.3 is 9.29 Å². The molecule has 18 heavy (non-hydrogen) atoms. The molecule has 0 aliphatic carbocycles. The zero-order chi connectivity index (χ0) is 13.3. The first-order valence-corrected chi connectivity index (χ1v) is 6.26. The van der Waals surface area contributed by atoms with E-state index in [1.807, 2.05) is 0 Å². The fraction of sp³-hybridized carbons (Fsp3) is 0.273. The smallest absolute Gasteiger partial charge is 0.429 e. The predicted molar refractivity (Wildman–Crippen MR) is 60.4 cm³/mol. The van der Waals surface area contributed by atoms with E-state index in [2.05, 4.69) is 0 Å². The van der Waals surface area contributed by atoms with Crippen molar-refractivity contribution in [1.82, 2.24) is 0 Å². The van der Waals surface area contributed by atoms with Crippen molar-refractivity contribution >= 4 is 17.2 Å². The third kappa shape index (κ3) is 2.91. The van der Waals surface area contributed by atoms with Gasteiger partial charge in [0.05, 0.1) is 5.75 Å². The zero-order valence-corrected chi connectivity index (χ0v) is 9.79. The first kappa shape index (κ1) is 13.1. The molecule has 2 unspecified atom stereocenters. The van der Waals surface area contributed by atoms with E-state index in [-0.39, 0.29) is 11.5 Å². The van der Waals surface area contributed by atoms with E-state index >= 15 is 0 Å². The summed E-state index contributed by atoms with van der Waals surface area (Å²) in [6, 6.07) is 4.38. The molecule has 1 aliphatic rings. The van der Waals surface area contributed by atoms with Crippen LogP contribution < -0.4 is 4.74 Å². The SMILES string of the molecule is O=S(O)Cc1ccc2c(c1)C=CC(C(F)(F)F)O2. The second-order valence-corrected chi connectivity index (χ2v) is 4.71. The number of alkyl halides is 3. The third-order valence-corrected chi connectivity index (χ3v) is 2.97. The Kier molecular flexibility index (Phi) is 3.45. The van der Waals surface area contributed by atoms with Crippen molar-refractivity contribution in [3.8, 4) is 5.75 Å². The molecule has 1 aromatic carbocycles. The lowest BCUT2D eigenvalue weighted by molar-refractivity contribution is -0.180. The molecule has 1 aromatic rings. The van der Waals surface area contributed by atoms with Gasteiger partial charge in [-0.2, -0.15) is 13.2 Å². The first-order chi connectivity index (χ1) is 8.36. The molecule has 0 bridgehead atoms. The Bertz CT molecular complexity index is 511. The number of benzene rings is 1. The lowest BCUT2D eigenvalue weighted by Gasteiger charge is -2.23. The number of halogens is 3. The fourth-order valence-electron chi connectivity index (χ4n) is 1.61. The number of fused-ring (bicyclic) bond motifs is 1. The molecule has 0 saturated carbocycles. The van der Waals surface area contributed by atoms with Crippen molar-refractivity contribution in [2.75, 3.05) is 0 Å². The zero-order valence-electron chi connectivity index (χ0n) is 8.98. The second kappa shape index (κ2) is 4.74. The minimum Gasteiger partial charge on any atom is -0.476 e. The molecule has 1 N–H and O–H groups in total. The van der Waals surface area contributed by atoms with Crippen molar-refractivity contribution in [2.45, 2.75) is 18.0 Å². The van der Waals surface area contributed by atoms with Crippen LogP contribution in [0.5, 0.6) is 5.75 Å². The Morgan fingerprint density at radius 2 is 2.11 bits per heavy atom. The fourth-order valence-corrected chi connectivity index (χ4v) is 2.08. The van der Waals surface area contributed by atoms with Crippen LogP contribution in [0.3, 0.4) is 0 Å². The van der Waals surface area contributed by atoms with Crippen LogP contribution in [0.25, 0.3) is 6.08 Å². The van der Waals surface area contributed by atoms with Gasteiger partial charge in [0.1, 0.15) is 5.75 Å². The normalized spacial score (nSPS) is 20.1. The summed E-state index contributed by atoms with van der Waals surface area (Å²) >= 11 is -1.98. The van der Waals surface area contributed by atoms with Crippen LogP contribution >= 0.6 is 0 Å². The lowest BCUT2D eigenvalue weighted by atomic mass is 10.1. The van der Waals surface area contributed by atoms with E-state index in [1.54, 1.807) is 0 Å². The topological polar surface area (TPSA) is 46.5 Å². The largest absolute Gasteiger partial charge is 0.476 e. The van der Waals surface area contributed by atoms with Gasteiger partial charge in [-0.1, -0.05) is 12.1 Å². The quantitative estimate of drug-likeness (QED) is 0.846. The van der Waals surface area contributed by atoms with Crippen LogP contribution in [0, 0.1) is 0 Å². The molecule has 1 aliphatic heterocycles. The summed E-state index contributed by atoms with van der Waals surface area (Å²) in [5.74, 6) is 0.0522. The molecule has 0 amide bonds. The summed E-state index contributed by atoms with van der Waals surface area (Å²) < 4.78 is 61.5. The average Bonchev–Trinajstić information content (AvgIpc) is 2.26. The van der Waals surface area contributed by atoms with Crippen LogP contribution in [0.15, 0.2) is 24.3 Å². The van der Waals surface area contributed by atoms with Crippen molar-refractivity contribution < 1.29 is 26.7 Å². The summed E-state index contributed by atoms with van der Waals surface area (Å²) in [5.41, 5.74) is 1.03. The van der Waals surface area contributed by atoms with Crippen LogP contribution in [0.1, 0.15) is 11.1 Å². The van der Waals surface area contributed by atoms with Crippen LogP contribution in [0.4, 0.5) is 13.2 Å². The molecule has 98 valence electrons. The highest BCUT2D eigenvalue weighted by molar-refractivity contribution is 7.78. The maximum Gasteiger partial charge on any atom is 0.429 e. The average molecular weight is 278 g/mol. The minimum absolute atomic E-state index is 0.0657. The van der Waals surface area contributed by atoms with Gasteiger partial charge in [-0.3, -0.25) is 0 Å². The summed E-state index contributed by atoms with van der Waals surface area (Å²) in [7, 11) is 0. The molecule has 0 spiro atoms. The Morgan fingerprint density at radius 3 is 2.72 bits per heavy atom. The number of rotatable bonds is 2.